The third-order valence-corrected chi connectivity index (χ3v) is 3.29. The van der Waals surface area contributed by atoms with Crippen molar-refractivity contribution in [1.29, 1.82) is 0 Å². The number of hydrogen-bond acceptors (Lipinski definition) is 4. The third kappa shape index (κ3) is 3.10. The van der Waals surface area contributed by atoms with E-state index in [-0.39, 0.29) is 6.04 Å². The number of aryl methyl sites for hydroxylation is 1. The van der Waals surface area contributed by atoms with Crippen LogP contribution in [0.5, 0.6) is 0 Å². The number of aromatic nitrogens is 4. The largest absolute Gasteiger partial charge is 0.303 e. The summed E-state index contributed by atoms with van der Waals surface area (Å²) in [6.45, 7) is 4.84. The molecule has 1 aromatic carbocycles. The van der Waals surface area contributed by atoms with E-state index in [0.717, 1.165) is 11.0 Å². The number of hydrogen-bond donors (Lipinski definition) is 2. The van der Waals surface area contributed by atoms with Gasteiger partial charge in [-0.2, -0.15) is 5.21 Å². The van der Waals surface area contributed by atoms with Crippen molar-refractivity contribution < 1.29 is 0 Å². The first kappa shape index (κ1) is 12.2. The molecule has 2 aromatic rings. The molecule has 0 radical (unpaired) electrons. The van der Waals surface area contributed by atoms with Crippen LogP contribution in [0.15, 0.2) is 22.7 Å². The smallest absolute Gasteiger partial charge is 0.191 e. The Bertz CT molecular complexity index is 483. The third-order valence-electron chi connectivity index (χ3n) is 2.56. The summed E-state index contributed by atoms with van der Waals surface area (Å²) in [7, 11) is 0. The van der Waals surface area contributed by atoms with Crippen LogP contribution < -0.4 is 5.32 Å². The zero-order valence-electron chi connectivity index (χ0n) is 9.74. The molecule has 6 heteroatoms. The van der Waals surface area contributed by atoms with Crippen LogP contribution in [0, 0.1) is 6.92 Å². The summed E-state index contributed by atoms with van der Waals surface area (Å²) >= 11 is 3.56. The van der Waals surface area contributed by atoms with Crippen molar-refractivity contribution >= 4 is 15.9 Å². The number of rotatable bonds is 4. The average molecular weight is 296 g/mol. The number of nitrogens with zero attached hydrogens (tertiary/aromatic N) is 3. The molecule has 0 amide bonds. The van der Waals surface area contributed by atoms with Crippen LogP contribution in [0.3, 0.4) is 0 Å². The number of aromatic amines is 1. The summed E-state index contributed by atoms with van der Waals surface area (Å²) in [5.41, 5.74) is 2.46. The number of halogens is 1. The van der Waals surface area contributed by atoms with Gasteiger partial charge in [0.15, 0.2) is 5.82 Å². The molecular formula is C11H14BrN5. The standard InChI is InChI=1S/C11H14BrN5/c1-7-3-4-9(10(12)5-7)6-13-8(2)11-14-16-17-15-11/h3-5,8,13H,6H2,1-2H3,(H,14,15,16,17). The van der Waals surface area contributed by atoms with Crippen LogP contribution in [-0.2, 0) is 6.54 Å². The second-order valence-electron chi connectivity index (χ2n) is 3.97. The monoisotopic (exact) mass is 295 g/mol. The van der Waals surface area contributed by atoms with Crippen LogP contribution >= 0.6 is 15.9 Å². The Morgan fingerprint density at radius 2 is 2.29 bits per heavy atom. The summed E-state index contributed by atoms with van der Waals surface area (Å²) in [5, 5.41) is 17.2. The number of nitrogens with one attached hydrogen (secondary N) is 2. The SMILES string of the molecule is Cc1ccc(CNC(C)c2nn[nH]n2)c(Br)c1. The second-order valence-corrected chi connectivity index (χ2v) is 4.82. The van der Waals surface area contributed by atoms with Crippen molar-refractivity contribution in [3.05, 3.63) is 39.6 Å². The molecular weight excluding hydrogens is 282 g/mol. The molecule has 2 rings (SSSR count). The summed E-state index contributed by atoms with van der Waals surface area (Å²) in [6.07, 6.45) is 0. The molecule has 0 aliphatic heterocycles. The van der Waals surface area contributed by atoms with Gasteiger partial charge in [-0.3, -0.25) is 0 Å². The molecule has 1 atom stereocenters. The van der Waals surface area contributed by atoms with Gasteiger partial charge in [0.05, 0.1) is 6.04 Å². The second kappa shape index (κ2) is 5.37. The molecule has 90 valence electrons. The van der Waals surface area contributed by atoms with Gasteiger partial charge < -0.3 is 5.32 Å². The topological polar surface area (TPSA) is 66.5 Å². The molecule has 2 N–H and O–H groups in total. The normalized spacial score (nSPS) is 12.6. The van der Waals surface area contributed by atoms with E-state index in [1.165, 1.54) is 11.1 Å². The van der Waals surface area contributed by atoms with Gasteiger partial charge in [-0.05, 0) is 31.0 Å². The molecule has 0 aliphatic carbocycles. The molecule has 17 heavy (non-hydrogen) atoms. The Morgan fingerprint density at radius 1 is 1.47 bits per heavy atom. The van der Waals surface area contributed by atoms with E-state index in [0.29, 0.717) is 5.82 Å². The minimum atomic E-state index is 0.0713. The maximum absolute atomic E-state index is 3.94. The first-order valence-corrected chi connectivity index (χ1v) is 6.18. The predicted octanol–water partition coefficient (Wildman–Crippen LogP) is 2.12. The lowest BCUT2D eigenvalue weighted by Crippen LogP contribution is -2.19. The van der Waals surface area contributed by atoms with Crippen LogP contribution in [0.25, 0.3) is 0 Å². The van der Waals surface area contributed by atoms with E-state index in [1.807, 2.05) is 6.92 Å². The summed E-state index contributed by atoms with van der Waals surface area (Å²) < 4.78 is 1.12. The highest BCUT2D eigenvalue weighted by molar-refractivity contribution is 9.10. The molecule has 1 aromatic heterocycles. The zero-order valence-corrected chi connectivity index (χ0v) is 11.3. The number of H-pyrrole nitrogens is 1. The quantitative estimate of drug-likeness (QED) is 0.907. The van der Waals surface area contributed by atoms with E-state index in [2.05, 4.69) is 67.0 Å². The van der Waals surface area contributed by atoms with Gasteiger partial charge in [-0.25, -0.2) is 0 Å². The van der Waals surface area contributed by atoms with E-state index in [4.69, 9.17) is 0 Å². The minimum Gasteiger partial charge on any atom is -0.303 e. The summed E-state index contributed by atoms with van der Waals surface area (Å²) in [6, 6.07) is 6.38. The fraction of sp³-hybridized carbons (Fsp3) is 0.364. The first-order valence-electron chi connectivity index (χ1n) is 5.38. The lowest BCUT2D eigenvalue weighted by molar-refractivity contribution is 0.546. The predicted molar refractivity (Wildman–Crippen MR) is 68.3 cm³/mol. The van der Waals surface area contributed by atoms with Crippen molar-refractivity contribution in [2.75, 3.05) is 0 Å². The van der Waals surface area contributed by atoms with Gasteiger partial charge in [0, 0.05) is 11.0 Å². The van der Waals surface area contributed by atoms with Crippen molar-refractivity contribution in [2.24, 2.45) is 0 Å². The van der Waals surface area contributed by atoms with Gasteiger partial charge in [0.25, 0.3) is 0 Å². The number of tetrazole rings is 1. The Kier molecular flexibility index (Phi) is 3.86. The maximum atomic E-state index is 3.94. The van der Waals surface area contributed by atoms with Crippen molar-refractivity contribution in [3.63, 3.8) is 0 Å². The van der Waals surface area contributed by atoms with E-state index < -0.39 is 0 Å². The van der Waals surface area contributed by atoms with Crippen LogP contribution in [0.2, 0.25) is 0 Å². The molecule has 0 saturated carbocycles. The summed E-state index contributed by atoms with van der Waals surface area (Å²) in [5.74, 6) is 0.674. The van der Waals surface area contributed by atoms with Crippen LogP contribution in [0.4, 0.5) is 0 Å². The Labute approximate surface area is 108 Å². The molecule has 0 bridgehead atoms. The molecule has 0 aliphatic rings. The van der Waals surface area contributed by atoms with Gasteiger partial charge in [0.2, 0.25) is 0 Å². The first-order chi connectivity index (χ1) is 8.16. The van der Waals surface area contributed by atoms with E-state index in [9.17, 15) is 0 Å². The Hall–Kier alpha value is -1.27. The lowest BCUT2D eigenvalue weighted by Gasteiger charge is -2.11. The van der Waals surface area contributed by atoms with Gasteiger partial charge in [0.1, 0.15) is 0 Å². The van der Waals surface area contributed by atoms with E-state index >= 15 is 0 Å². The lowest BCUT2D eigenvalue weighted by atomic mass is 10.1. The van der Waals surface area contributed by atoms with Crippen LogP contribution in [-0.4, -0.2) is 20.6 Å². The highest BCUT2D eigenvalue weighted by Crippen LogP contribution is 2.19. The minimum absolute atomic E-state index is 0.0713. The molecule has 0 saturated heterocycles. The van der Waals surface area contributed by atoms with Gasteiger partial charge in [-0.15, -0.1) is 10.2 Å². The van der Waals surface area contributed by atoms with Gasteiger partial charge in [-0.1, -0.05) is 33.3 Å². The average Bonchev–Trinajstić information content (AvgIpc) is 2.81. The van der Waals surface area contributed by atoms with Crippen LogP contribution in [0.1, 0.15) is 29.9 Å². The molecule has 5 nitrogen and oxygen atoms in total. The molecule has 0 spiro atoms. The highest BCUT2D eigenvalue weighted by atomic mass is 79.9. The fourth-order valence-electron chi connectivity index (χ4n) is 1.50. The fourth-order valence-corrected chi connectivity index (χ4v) is 2.14. The Balaban J connectivity index is 1.98. The molecule has 1 heterocycles. The van der Waals surface area contributed by atoms with E-state index in [1.54, 1.807) is 0 Å². The zero-order chi connectivity index (χ0) is 12.3. The highest BCUT2D eigenvalue weighted by Gasteiger charge is 2.10. The molecule has 1 unspecified atom stereocenters. The summed E-state index contributed by atoms with van der Waals surface area (Å²) in [4.78, 5) is 0. The van der Waals surface area contributed by atoms with Crippen molar-refractivity contribution in [2.45, 2.75) is 26.4 Å². The van der Waals surface area contributed by atoms with Crippen molar-refractivity contribution in [1.82, 2.24) is 25.9 Å². The molecule has 0 fully saturated rings. The van der Waals surface area contributed by atoms with Crippen molar-refractivity contribution in [3.8, 4) is 0 Å². The Morgan fingerprint density at radius 3 is 2.94 bits per heavy atom. The van der Waals surface area contributed by atoms with Gasteiger partial charge >= 0.3 is 0 Å². The number of benzene rings is 1. The maximum Gasteiger partial charge on any atom is 0.191 e.